The number of hydrogen-bond donors (Lipinski definition) is 2. The molecule has 0 aliphatic carbocycles. The van der Waals surface area contributed by atoms with E-state index in [9.17, 15) is 4.79 Å². The number of thioether (sulfide) groups is 1. The molecule has 102 valence electrons. The Labute approximate surface area is 110 Å². The highest BCUT2D eigenvalue weighted by atomic mass is 32.2. The van der Waals surface area contributed by atoms with Gasteiger partial charge in [0.15, 0.2) is 0 Å². The van der Waals surface area contributed by atoms with Crippen LogP contribution < -0.4 is 11.1 Å². The lowest BCUT2D eigenvalue weighted by molar-refractivity contribution is -0.122. The molecule has 0 bridgehead atoms. The van der Waals surface area contributed by atoms with Gasteiger partial charge in [-0.3, -0.25) is 4.79 Å². The molecule has 3 nitrogen and oxygen atoms in total. The molecule has 0 heterocycles. The maximum absolute atomic E-state index is 11.8. The van der Waals surface area contributed by atoms with E-state index in [1.54, 1.807) is 11.8 Å². The van der Waals surface area contributed by atoms with Crippen molar-refractivity contribution < 1.29 is 4.79 Å². The Kier molecular flexibility index (Phi) is 7.88. The van der Waals surface area contributed by atoms with Crippen molar-refractivity contribution in [2.24, 2.45) is 17.6 Å². The van der Waals surface area contributed by atoms with E-state index in [4.69, 9.17) is 5.73 Å². The number of rotatable bonds is 8. The molecule has 0 unspecified atom stereocenters. The quantitative estimate of drug-likeness (QED) is 0.704. The van der Waals surface area contributed by atoms with Crippen LogP contribution in [0.5, 0.6) is 0 Å². The fraction of sp³-hybridized carbons (Fsp3) is 0.923. The summed E-state index contributed by atoms with van der Waals surface area (Å²) in [6.07, 6.45) is 3.64. The molecule has 0 aliphatic heterocycles. The zero-order valence-electron chi connectivity index (χ0n) is 11.9. The van der Waals surface area contributed by atoms with Crippen molar-refractivity contribution in [3.05, 3.63) is 0 Å². The second kappa shape index (κ2) is 7.98. The Morgan fingerprint density at radius 2 is 2.00 bits per heavy atom. The van der Waals surface area contributed by atoms with Gasteiger partial charge in [0, 0.05) is 17.7 Å². The van der Waals surface area contributed by atoms with E-state index < -0.39 is 0 Å². The normalized spacial score (nSPS) is 13.8. The molecule has 3 N–H and O–H groups in total. The van der Waals surface area contributed by atoms with E-state index in [-0.39, 0.29) is 10.7 Å². The molecule has 0 rings (SSSR count). The topological polar surface area (TPSA) is 55.1 Å². The number of amides is 1. The fourth-order valence-corrected chi connectivity index (χ4v) is 1.86. The zero-order chi connectivity index (χ0) is 13.5. The SMILES string of the molecule is CSC(C)(C)CNC(=O)C[C@@H](CN)CC(C)C. The molecule has 1 atom stereocenters. The highest BCUT2D eigenvalue weighted by Gasteiger charge is 2.19. The Morgan fingerprint density at radius 1 is 1.41 bits per heavy atom. The van der Waals surface area contributed by atoms with Crippen LogP contribution in [0.1, 0.15) is 40.5 Å². The summed E-state index contributed by atoms with van der Waals surface area (Å²) >= 11 is 1.76. The van der Waals surface area contributed by atoms with Gasteiger partial charge in [-0.1, -0.05) is 13.8 Å². The Hall–Kier alpha value is -0.220. The molecule has 0 spiro atoms. The summed E-state index contributed by atoms with van der Waals surface area (Å²) in [7, 11) is 0. The fourth-order valence-electron chi connectivity index (χ4n) is 1.65. The summed E-state index contributed by atoms with van der Waals surface area (Å²) in [5.74, 6) is 1.04. The number of nitrogens with one attached hydrogen (secondary N) is 1. The van der Waals surface area contributed by atoms with Crippen molar-refractivity contribution in [1.82, 2.24) is 5.32 Å². The van der Waals surface area contributed by atoms with Gasteiger partial charge in [-0.05, 0) is 44.9 Å². The molecule has 0 fully saturated rings. The van der Waals surface area contributed by atoms with Gasteiger partial charge in [0.1, 0.15) is 0 Å². The van der Waals surface area contributed by atoms with Crippen LogP contribution in [0.2, 0.25) is 0 Å². The molecule has 0 aromatic heterocycles. The number of carbonyl (C=O) groups excluding carboxylic acids is 1. The molecule has 17 heavy (non-hydrogen) atoms. The molecular formula is C13H28N2OS. The maximum atomic E-state index is 11.8. The molecule has 4 heteroatoms. The summed E-state index contributed by atoms with van der Waals surface area (Å²) in [5, 5.41) is 3.00. The van der Waals surface area contributed by atoms with Gasteiger partial charge < -0.3 is 11.1 Å². The first-order chi connectivity index (χ1) is 7.80. The van der Waals surface area contributed by atoms with Crippen LogP contribution in [0.25, 0.3) is 0 Å². The zero-order valence-corrected chi connectivity index (χ0v) is 12.7. The first-order valence-corrected chi connectivity index (χ1v) is 7.55. The number of nitrogens with two attached hydrogens (primary N) is 1. The second-order valence-corrected chi connectivity index (χ2v) is 7.19. The van der Waals surface area contributed by atoms with E-state index in [0.29, 0.717) is 31.3 Å². The van der Waals surface area contributed by atoms with Gasteiger partial charge >= 0.3 is 0 Å². The van der Waals surface area contributed by atoms with E-state index in [1.165, 1.54) is 0 Å². The summed E-state index contributed by atoms with van der Waals surface area (Å²) < 4.78 is 0.103. The number of carbonyl (C=O) groups is 1. The molecule has 0 aromatic carbocycles. The average molecular weight is 260 g/mol. The van der Waals surface area contributed by atoms with Crippen LogP contribution in [-0.2, 0) is 4.79 Å². The number of hydrogen-bond acceptors (Lipinski definition) is 3. The molecule has 1 amide bonds. The summed E-state index contributed by atoms with van der Waals surface area (Å²) in [5.41, 5.74) is 5.69. The average Bonchev–Trinajstić information content (AvgIpc) is 2.25. The van der Waals surface area contributed by atoms with Crippen LogP contribution in [0.4, 0.5) is 0 Å². The van der Waals surface area contributed by atoms with Crippen LogP contribution in [0.3, 0.4) is 0 Å². The van der Waals surface area contributed by atoms with Crippen molar-refractivity contribution in [3.8, 4) is 0 Å². The van der Waals surface area contributed by atoms with Crippen molar-refractivity contribution in [2.75, 3.05) is 19.3 Å². The van der Waals surface area contributed by atoms with E-state index in [0.717, 1.165) is 6.42 Å². The molecule has 0 saturated carbocycles. The van der Waals surface area contributed by atoms with Crippen molar-refractivity contribution in [1.29, 1.82) is 0 Å². The third-order valence-electron chi connectivity index (χ3n) is 2.88. The predicted octanol–water partition coefficient (Wildman–Crippen LogP) is 2.26. The standard InChI is InChI=1S/C13H28N2OS/c1-10(2)6-11(8-14)7-12(16)15-9-13(3,4)17-5/h10-11H,6-9,14H2,1-5H3,(H,15,16)/t11-/m0/s1. The van der Waals surface area contributed by atoms with E-state index in [1.807, 2.05) is 0 Å². The van der Waals surface area contributed by atoms with E-state index >= 15 is 0 Å². The lowest BCUT2D eigenvalue weighted by Crippen LogP contribution is -2.37. The van der Waals surface area contributed by atoms with Crippen LogP contribution in [-0.4, -0.2) is 30.0 Å². The second-order valence-electron chi connectivity index (χ2n) is 5.68. The van der Waals surface area contributed by atoms with Gasteiger partial charge in [0.2, 0.25) is 5.91 Å². The molecule has 0 aliphatic rings. The summed E-state index contributed by atoms with van der Waals surface area (Å²) in [6, 6.07) is 0. The van der Waals surface area contributed by atoms with Gasteiger partial charge in [-0.25, -0.2) is 0 Å². The van der Waals surface area contributed by atoms with Crippen molar-refractivity contribution >= 4 is 17.7 Å². The Morgan fingerprint density at radius 3 is 2.41 bits per heavy atom. The van der Waals surface area contributed by atoms with E-state index in [2.05, 4.69) is 39.3 Å². The predicted molar refractivity (Wildman–Crippen MR) is 77.2 cm³/mol. The minimum Gasteiger partial charge on any atom is -0.355 e. The molecule has 0 aromatic rings. The van der Waals surface area contributed by atoms with Gasteiger partial charge in [-0.2, -0.15) is 11.8 Å². The monoisotopic (exact) mass is 260 g/mol. The van der Waals surface area contributed by atoms with Gasteiger partial charge in [0.25, 0.3) is 0 Å². The van der Waals surface area contributed by atoms with Gasteiger partial charge in [0.05, 0.1) is 0 Å². The molecular weight excluding hydrogens is 232 g/mol. The first kappa shape index (κ1) is 16.8. The highest BCUT2D eigenvalue weighted by Crippen LogP contribution is 2.20. The Bertz CT molecular complexity index is 229. The van der Waals surface area contributed by atoms with Crippen LogP contribution in [0, 0.1) is 11.8 Å². The third-order valence-corrected chi connectivity index (χ3v) is 4.13. The third kappa shape index (κ3) is 8.50. The highest BCUT2D eigenvalue weighted by molar-refractivity contribution is 7.99. The summed E-state index contributed by atoms with van der Waals surface area (Å²) in [6.45, 7) is 9.90. The minimum atomic E-state index is 0.103. The summed E-state index contributed by atoms with van der Waals surface area (Å²) in [4.78, 5) is 11.8. The van der Waals surface area contributed by atoms with Crippen molar-refractivity contribution in [2.45, 2.75) is 45.3 Å². The minimum absolute atomic E-state index is 0.103. The lowest BCUT2D eigenvalue weighted by atomic mass is 9.94. The maximum Gasteiger partial charge on any atom is 0.220 e. The van der Waals surface area contributed by atoms with Crippen molar-refractivity contribution in [3.63, 3.8) is 0 Å². The lowest BCUT2D eigenvalue weighted by Gasteiger charge is -2.23. The van der Waals surface area contributed by atoms with Crippen LogP contribution in [0.15, 0.2) is 0 Å². The molecule has 0 saturated heterocycles. The van der Waals surface area contributed by atoms with Gasteiger partial charge in [-0.15, -0.1) is 0 Å². The smallest absolute Gasteiger partial charge is 0.220 e. The first-order valence-electron chi connectivity index (χ1n) is 6.32. The Balaban J connectivity index is 3.99. The molecule has 0 radical (unpaired) electrons. The largest absolute Gasteiger partial charge is 0.355 e. The van der Waals surface area contributed by atoms with Crippen LogP contribution >= 0.6 is 11.8 Å².